The lowest BCUT2D eigenvalue weighted by atomic mass is 10.00. The largest absolute Gasteiger partial charge is 0.352 e. The van der Waals surface area contributed by atoms with E-state index < -0.39 is 10.0 Å². The zero-order valence-corrected chi connectivity index (χ0v) is 15.9. The maximum absolute atomic E-state index is 12.4. The molecule has 26 heavy (non-hydrogen) atoms. The molecule has 10 heteroatoms. The topological polar surface area (TPSA) is 98.7 Å². The van der Waals surface area contributed by atoms with Crippen LogP contribution in [0.15, 0.2) is 18.6 Å². The summed E-state index contributed by atoms with van der Waals surface area (Å²) in [6.45, 7) is 4.27. The summed E-state index contributed by atoms with van der Waals surface area (Å²) in [5.74, 6) is 0.999. The second kappa shape index (κ2) is 8.17. The standard InChI is InChI=1S/C16H26N6O3S/c1-26(24,25)22-6-2-3-14(13-22)11-19-16(23)21-9-7-20(8-10-21)15-12-17-4-5-18-15/h4-5,12,14H,2-3,6-11,13H2,1H3,(H,19,23)/t14-/m0/s1. The van der Waals surface area contributed by atoms with Crippen molar-refractivity contribution < 1.29 is 13.2 Å². The number of anilines is 1. The van der Waals surface area contributed by atoms with Gasteiger partial charge < -0.3 is 15.1 Å². The second-order valence-electron chi connectivity index (χ2n) is 6.85. The molecule has 0 radical (unpaired) electrons. The molecule has 144 valence electrons. The highest BCUT2D eigenvalue weighted by Gasteiger charge is 2.27. The van der Waals surface area contributed by atoms with Crippen molar-refractivity contribution >= 4 is 21.9 Å². The van der Waals surface area contributed by atoms with E-state index in [4.69, 9.17) is 0 Å². The Morgan fingerprint density at radius 2 is 2.00 bits per heavy atom. The summed E-state index contributed by atoms with van der Waals surface area (Å²) in [7, 11) is -3.16. The molecule has 0 aliphatic carbocycles. The van der Waals surface area contributed by atoms with Crippen LogP contribution in [0.5, 0.6) is 0 Å². The summed E-state index contributed by atoms with van der Waals surface area (Å²) >= 11 is 0. The van der Waals surface area contributed by atoms with E-state index in [9.17, 15) is 13.2 Å². The number of hydrogen-bond donors (Lipinski definition) is 1. The molecule has 0 spiro atoms. The fourth-order valence-corrected chi connectivity index (χ4v) is 4.37. The molecule has 9 nitrogen and oxygen atoms in total. The maximum atomic E-state index is 12.4. The van der Waals surface area contributed by atoms with Gasteiger partial charge >= 0.3 is 6.03 Å². The van der Waals surface area contributed by atoms with Crippen LogP contribution < -0.4 is 10.2 Å². The fraction of sp³-hybridized carbons (Fsp3) is 0.688. The third kappa shape index (κ3) is 4.82. The van der Waals surface area contributed by atoms with Crippen LogP contribution in [0.3, 0.4) is 0 Å². The number of carbonyl (C=O) groups is 1. The Labute approximate surface area is 154 Å². The number of nitrogens with zero attached hydrogens (tertiary/aromatic N) is 5. The van der Waals surface area contributed by atoms with Gasteiger partial charge in [-0.3, -0.25) is 4.98 Å². The summed E-state index contributed by atoms with van der Waals surface area (Å²) in [5, 5.41) is 2.97. The van der Waals surface area contributed by atoms with Gasteiger partial charge in [-0.1, -0.05) is 0 Å². The van der Waals surface area contributed by atoms with Gasteiger partial charge in [0.15, 0.2) is 0 Å². The number of nitrogens with one attached hydrogen (secondary N) is 1. The van der Waals surface area contributed by atoms with Crippen LogP contribution in [0.1, 0.15) is 12.8 Å². The summed E-state index contributed by atoms with van der Waals surface area (Å²) in [4.78, 5) is 24.7. The number of hydrogen-bond acceptors (Lipinski definition) is 6. The molecule has 2 amide bonds. The molecular weight excluding hydrogens is 356 g/mol. The van der Waals surface area contributed by atoms with Gasteiger partial charge in [0.05, 0.1) is 12.5 Å². The van der Waals surface area contributed by atoms with Crippen LogP contribution >= 0.6 is 0 Å². The Bertz CT molecular complexity index is 706. The molecule has 0 saturated carbocycles. The molecule has 1 atom stereocenters. The number of piperazine rings is 1. The van der Waals surface area contributed by atoms with Crippen LogP contribution in [-0.2, 0) is 10.0 Å². The van der Waals surface area contributed by atoms with E-state index >= 15 is 0 Å². The summed E-state index contributed by atoms with van der Waals surface area (Å²) in [6.07, 6.45) is 8.05. The number of urea groups is 1. The first-order valence-electron chi connectivity index (χ1n) is 8.92. The Hall–Kier alpha value is -1.94. The van der Waals surface area contributed by atoms with Crippen molar-refractivity contribution in [2.24, 2.45) is 5.92 Å². The number of carbonyl (C=O) groups excluding carboxylic acids is 1. The zero-order chi connectivity index (χ0) is 18.6. The minimum atomic E-state index is -3.16. The molecule has 0 aromatic carbocycles. The monoisotopic (exact) mass is 382 g/mol. The molecule has 1 aromatic rings. The quantitative estimate of drug-likeness (QED) is 0.786. The minimum Gasteiger partial charge on any atom is -0.352 e. The Morgan fingerprint density at radius 1 is 1.23 bits per heavy atom. The average Bonchev–Trinajstić information content (AvgIpc) is 2.66. The highest BCUT2D eigenvalue weighted by molar-refractivity contribution is 7.88. The Kier molecular flexibility index (Phi) is 5.92. The summed E-state index contributed by atoms with van der Waals surface area (Å²) in [5.41, 5.74) is 0. The van der Waals surface area contributed by atoms with E-state index in [2.05, 4.69) is 20.2 Å². The zero-order valence-electron chi connectivity index (χ0n) is 15.0. The maximum Gasteiger partial charge on any atom is 0.317 e. The number of piperidine rings is 1. The predicted molar refractivity (Wildman–Crippen MR) is 98.4 cm³/mol. The van der Waals surface area contributed by atoms with E-state index in [1.165, 1.54) is 10.6 Å². The molecule has 2 aliphatic rings. The van der Waals surface area contributed by atoms with Gasteiger partial charge in [0.2, 0.25) is 10.0 Å². The molecule has 1 N–H and O–H groups in total. The van der Waals surface area contributed by atoms with Gasteiger partial charge in [-0.15, -0.1) is 0 Å². The van der Waals surface area contributed by atoms with Gasteiger partial charge in [0.1, 0.15) is 5.82 Å². The predicted octanol–water partition coefficient (Wildman–Crippen LogP) is -0.0202. The average molecular weight is 382 g/mol. The first kappa shape index (κ1) is 18.8. The molecule has 3 rings (SSSR count). The smallest absolute Gasteiger partial charge is 0.317 e. The van der Waals surface area contributed by atoms with Gasteiger partial charge in [0, 0.05) is 58.2 Å². The van der Waals surface area contributed by atoms with E-state index in [-0.39, 0.29) is 11.9 Å². The van der Waals surface area contributed by atoms with Crippen LogP contribution in [-0.4, -0.2) is 85.7 Å². The number of amides is 2. The number of rotatable bonds is 4. The highest BCUT2D eigenvalue weighted by atomic mass is 32.2. The lowest BCUT2D eigenvalue weighted by molar-refractivity contribution is 0.188. The highest BCUT2D eigenvalue weighted by Crippen LogP contribution is 2.18. The van der Waals surface area contributed by atoms with Crippen molar-refractivity contribution in [1.29, 1.82) is 0 Å². The van der Waals surface area contributed by atoms with E-state index in [1.54, 1.807) is 23.5 Å². The van der Waals surface area contributed by atoms with Crippen molar-refractivity contribution in [3.8, 4) is 0 Å². The van der Waals surface area contributed by atoms with Crippen LogP contribution in [0, 0.1) is 5.92 Å². The third-order valence-electron chi connectivity index (χ3n) is 4.93. The lowest BCUT2D eigenvalue weighted by Crippen LogP contribution is -2.53. The fourth-order valence-electron chi connectivity index (χ4n) is 3.43. The molecule has 2 fully saturated rings. The van der Waals surface area contributed by atoms with Crippen molar-refractivity contribution in [1.82, 2.24) is 24.5 Å². The molecule has 2 saturated heterocycles. The Morgan fingerprint density at radius 3 is 2.65 bits per heavy atom. The van der Waals surface area contributed by atoms with Crippen LogP contribution in [0.4, 0.5) is 10.6 Å². The van der Waals surface area contributed by atoms with Gasteiger partial charge in [0.25, 0.3) is 0 Å². The number of aromatic nitrogens is 2. The first-order valence-corrected chi connectivity index (χ1v) is 10.8. The van der Waals surface area contributed by atoms with Crippen LogP contribution in [0.2, 0.25) is 0 Å². The summed E-state index contributed by atoms with van der Waals surface area (Å²) < 4.78 is 24.9. The lowest BCUT2D eigenvalue weighted by Gasteiger charge is -2.36. The van der Waals surface area contributed by atoms with Gasteiger partial charge in [-0.25, -0.2) is 22.5 Å². The van der Waals surface area contributed by atoms with E-state index in [1.807, 2.05) is 0 Å². The number of sulfonamides is 1. The SMILES string of the molecule is CS(=O)(=O)N1CCC[C@@H](CNC(=O)N2CCN(c3cnccn3)CC2)C1. The molecule has 1 aromatic heterocycles. The molecule has 3 heterocycles. The first-order chi connectivity index (χ1) is 12.4. The van der Waals surface area contributed by atoms with Crippen molar-refractivity contribution in [3.63, 3.8) is 0 Å². The molecule has 2 aliphatic heterocycles. The normalized spacial score (nSPS) is 22.3. The molecular formula is C16H26N6O3S. The van der Waals surface area contributed by atoms with E-state index in [0.717, 1.165) is 31.7 Å². The van der Waals surface area contributed by atoms with Crippen molar-refractivity contribution in [3.05, 3.63) is 18.6 Å². The van der Waals surface area contributed by atoms with E-state index in [0.29, 0.717) is 32.7 Å². The third-order valence-corrected chi connectivity index (χ3v) is 6.20. The molecule has 0 unspecified atom stereocenters. The van der Waals surface area contributed by atoms with Crippen molar-refractivity contribution in [2.75, 3.05) is 57.0 Å². The Balaban J connectivity index is 1.43. The van der Waals surface area contributed by atoms with Crippen LogP contribution in [0.25, 0.3) is 0 Å². The van der Waals surface area contributed by atoms with Gasteiger partial charge in [-0.05, 0) is 18.8 Å². The van der Waals surface area contributed by atoms with Crippen molar-refractivity contribution in [2.45, 2.75) is 12.8 Å². The molecule has 0 bridgehead atoms. The summed E-state index contributed by atoms with van der Waals surface area (Å²) in [6, 6.07) is -0.0831. The minimum absolute atomic E-state index is 0.0831. The second-order valence-corrected chi connectivity index (χ2v) is 8.84. The van der Waals surface area contributed by atoms with Gasteiger partial charge in [-0.2, -0.15) is 0 Å².